The molecule has 1 aromatic rings. The first-order valence-electron chi connectivity index (χ1n) is 11.0. The molecule has 158 valence electrons. The fourth-order valence-electron chi connectivity index (χ4n) is 4.56. The van der Waals surface area contributed by atoms with Gasteiger partial charge in [-0.2, -0.15) is 0 Å². The Hall–Kier alpha value is -2.24. The lowest BCUT2D eigenvalue weighted by Gasteiger charge is -2.47. The fourth-order valence-corrected chi connectivity index (χ4v) is 4.56. The first-order chi connectivity index (χ1) is 13.9. The molecule has 29 heavy (non-hydrogen) atoms. The van der Waals surface area contributed by atoms with E-state index in [0.717, 1.165) is 37.1 Å². The molecule has 1 aromatic carbocycles. The van der Waals surface area contributed by atoms with E-state index < -0.39 is 0 Å². The van der Waals surface area contributed by atoms with Crippen LogP contribution in [0.2, 0.25) is 0 Å². The van der Waals surface area contributed by atoms with Crippen molar-refractivity contribution in [3.05, 3.63) is 29.8 Å². The number of para-hydroxylation sites is 1. The summed E-state index contributed by atoms with van der Waals surface area (Å²) in [4.78, 5) is 26.8. The molecule has 2 fully saturated rings. The van der Waals surface area contributed by atoms with E-state index in [1.165, 1.54) is 12.8 Å². The average molecular weight is 400 g/mol. The molecule has 2 aliphatic heterocycles. The van der Waals surface area contributed by atoms with Gasteiger partial charge < -0.3 is 20.3 Å². The number of ether oxygens (including phenoxy) is 1. The summed E-state index contributed by atoms with van der Waals surface area (Å²) >= 11 is 0. The van der Waals surface area contributed by atoms with E-state index >= 15 is 0 Å². The van der Waals surface area contributed by atoms with E-state index in [1.54, 1.807) is 0 Å². The Morgan fingerprint density at radius 3 is 2.62 bits per heavy atom. The zero-order valence-electron chi connectivity index (χ0n) is 17.6. The van der Waals surface area contributed by atoms with Crippen molar-refractivity contribution < 1.29 is 14.3 Å². The van der Waals surface area contributed by atoms with Gasteiger partial charge in [0, 0.05) is 50.9 Å². The van der Waals surface area contributed by atoms with Crippen LogP contribution in [0, 0.1) is 5.92 Å². The molecule has 3 aliphatic rings. The van der Waals surface area contributed by atoms with E-state index in [0.29, 0.717) is 25.4 Å². The molecule has 4 rings (SSSR count). The van der Waals surface area contributed by atoms with Gasteiger partial charge in [-0.05, 0) is 50.7 Å². The maximum Gasteiger partial charge on any atom is 0.317 e. The summed E-state index contributed by atoms with van der Waals surface area (Å²) in [6, 6.07) is 8.26. The highest BCUT2D eigenvalue weighted by atomic mass is 16.5. The monoisotopic (exact) mass is 399 g/mol. The smallest absolute Gasteiger partial charge is 0.317 e. The van der Waals surface area contributed by atoms with Gasteiger partial charge in [0.15, 0.2) is 0 Å². The average Bonchev–Trinajstić information content (AvgIpc) is 3.51. The largest absolute Gasteiger partial charge is 0.487 e. The van der Waals surface area contributed by atoms with Crippen LogP contribution in [0.25, 0.3) is 0 Å². The summed E-state index contributed by atoms with van der Waals surface area (Å²) in [6.45, 7) is 6.13. The number of carbonyl (C=O) groups is 2. The lowest BCUT2D eigenvalue weighted by Crippen LogP contribution is -2.54. The Morgan fingerprint density at radius 2 is 1.93 bits per heavy atom. The van der Waals surface area contributed by atoms with E-state index in [-0.39, 0.29) is 29.5 Å². The highest BCUT2D eigenvalue weighted by molar-refractivity contribution is 5.77. The number of nitrogens with one attached hydrogen (secondary N) is 2. The number of amides is 3. The number of hydrogen-bond acceptors (Lipinski definition) is 3. The number of piperidine rings is 1. The van der Waals surface area contributed by atoms with E-state index in [2.05, 4.69) is 16.7 Å². The molecule has 1 saturated carbocycles. The normalized spacial score (nSPS) is 22.7. The molecule has 2 N–H and O–H groups in total. The number of nitrogens with zero attached hydrogens (tertiary/aromatic N) is 1. The van der Waals surface area contributed by atoms with Gasteiger partial charge >= 0.3 is 6.03 Å². The first kappa shape index (κ1) is 20.0. The predicted octanol–water partition coefficient (Wildman–Crippen LogP) is 3.42. The lowest BCUT2D eigenvalue weighted by atomic mass is 9.76. The summed E-state index contributed by atoms with van der Waals surface area (Å²) in [5, 5.41) is 6.09. The molecule has 1 aliphatic carbocycles. The minimum absolute atomic E-state index is 0.00191. The maximum atomic E-state index is 12.6. The maximum absolute atomic E-state index is 12.6. The molecule has 1 atom stereocenters. The van der Waals surface area contributed by atoms with Gasteiger partial charge in [-0.15, -0.1) is 0 Å². The lowest BCUT2D eigenvalue weighted by molar-refractivity contribution is -0.122. The van der Waals surface area contributed by atoms with Gasteiger partial charge in [-0.3, -0.25) is 4.79 Å². The zero-order valence-corrected chi connectivity index (χ0v) is 17.6. The SMILES string of the molecule is CC(C)NC(=O)N1CCC2(CC1)C[C@H](CC(=O)NCC1CC1)c1ccccc1O2. The van der Waals surface area contributed by atoms with Crippen LogP contribution in [0.5, 0.6) is 5.75 Å². The minimum atomic E-state index is -0.287. The third-order valence-corrected chi connectivity index (χ3v) is 6.39. The zero-order chi connectivity index (χ0) is 20.4. The van der Waals surface area contributed by atoms with Crippen molar-refractivity contribution in [3.63, 3.8) is 0 Å². The van der Waals surface area contributed by atoms with Gasteiger partial charge in [0.25, 0.3) is 0 Å². The molecule has 0 radical (unpaired) electrons. The van der Waals surface area contributed by atoms with Crippen LogP contribution in [0.4, 0.5) is 4.79 Å². The fraction of sp³-hybridized carbons (Fsp3) is 0.652. The van der Waals surface area contributed by atoms with Gasteiger partial charge in [0.05, 0.1) is 0 Å². The van der Waals surface area contributed by atoms with Crippen molar-refractivity contribution in [2.75, 3.05) is 19.6 Å². The topological polar surface area (TPSA) is 70.7 Å². The number of fused-ring (bicyclic) bond motifs is 1. The second-order valence-corrected chi connectivity index (χ2v) is 9.27. The Bertz CT molecular complexity index is 751. The van der Waals surface area contributed by atoms with Gasteiger partial charge in [0.2, 0.25) is 5.91 Å². The van der Waals surface area contributed by atoms with E-state index in [1.807, 2.05) is 36.9 Å². The van der Waals surface area contributed by atoms with Crippen LogP contribution in [-0.2, 0) is 4.79 Å². The van der Waals surface area contributed by atoms with Crippen molar-refractivity contribution in [1.82, 2.24) is 15.5 Å². The molecule has 2 heterocycles. The van der Waals surface area contributed by atoms with Gasteiger partial charge in [0.1, 0.15) is 11.4 Å². The van der Waals surface area contributed by atoms with Crippen molar-refractivity contribution >= 4 is 11.9 Å². The predicted molar refractivity (Wildman–Crippen MR) is 112 cm³/mol. The Kier molecular flexibility index (Phi) is 5.70. The number of benzene rings is 1. The third-order valence-electron chi connectivity index (χ3n) is 6.39. The molecule has 6 nitrogen and oxygen atoms in total. The van der Waals surface area contributed by atoms with Crippen LogP contribution in [0.1, 0.15) is 63.9 Å². The number of hydrogen-bond donors (Lipinski definition) is 2. The minimum Gasteiger partial charge on any atom is -0.487 e. The van der Waals surface area contributed by atoms with Crippen LogP contribution in [0.15, 0.2) is 24.3 Å². The van der Waals surface area contributed by atoms with Crippen molar-refractivity contribution in [1.29, 1.82) is 0 Å². The number of likely N-dealkylation sites (tertiary alicyclic amines) is 1. The number of urea groups is 1. The summed E-state index contributed by atoms with van der Waals surface area (Å²) in [6.07, 6.45) is 5.42. The van der Waals surface area contributed by atoms with E-state index in [9.17, 15) is 9.59 Å². The van der Waals surface area contributed by atoms with Crippen molar-refractivity contribution in [2.45, 2.75) is 69.9 Å². The summed E-state index contributed by atoms with van der Waals surface area (Å²) < 4.78 is 6.50. The number of rotatable bonds is 5. The molecule has 0 unspecified atom stereocenters. The third kappa shape index (κ3) is 4.85. The van der Waals surface area contributed by atoms with Gasteiger partial charge in [-0.25, -0.2) is 4.79 Å². The molecular weight excluding hydrogens is 366 g/mol. The molecule has 0 bridgehead atoms. The van der Waals surface area contributed by atoms with Crippen LogP contribution in [-0.4, -0.2) is 48.1 Å². The summed E-state index contributed by atoms with van der Waals surface area (Å²) in [5.74, 6) is 1.89. The summed E-state index contributed by atoms with van der Waals surface area (Å²) in [7, 11) is 0. The van der Waals surface area contributed by atoms with Crippen molar-refractivity contribution in [3.8, 4) is 5.75 Å². The van der Waals surface area contributed by atoms with Crippen LogP contribution in [0.3, 0.4) is 0 Å². The highest BCUT2D eigenvalue weighted by Gasteiger charge is 2.44. The first-order valence-corrected chi connectivity index (χ1v) is 11.0. The second kappa shape index (κ2) is 8.25. The van der Waals surface area contributed by atoms with Gasteiger partial charge in [-0.1, -0.05) is 18.2 Å². The molecule has 1 saturated heterocycles. The van der Waals surface area contributed by atoms with E-state index in [4.69, 9.17) is 4.74 Å². The standard InChI is InChI=1S/C23H33N3O3/c1-16(2)25-22(28)26-11-9-23(10-12-26)14-18(13-21(27)24-15-17-7-8-17)19-5-3-4-6-20(19)29-23/h3-6,16-18H,7-15H2,1-2H3,(H,24,27)(H,25,28)/t18-/m0/s1. The van der Waals surface area contributed by atoms with Crippen LogP contribution >= 0.6 is 0 Å². The Morgan fingerprint density at radius 1 is 1.21 bits per heavy atom. The molecule has 6 heteroatoms. The highest BCUT2D eigenvalue weighted by Crippen LogP contribution is 2.46. The Labute approximate surface area is 173 Å². The molecule has 1 spiro atoms. The molecule has 0 aromatic heterocycles. The summed E-state index contributed by atoms with van der Waals surface area (Å²) in [5.41, 5.74) is 0.851. The Balaban J connectivity index is 1.42. The van der Waals surface area contributed by atoms with Crippen LogP contribution < -0.4 is 15.4 Å². The second-order valence-electron chi connectivity index (χ2n) is 9.27. The molecule has 3 amide bonds. The van der Waals surface area contributed by atoms with Crippen molar-refractivity contribution in [2.24, 2.45) is 5.92 Å². The molecular formula is C23H33N3O3. The quantitative estimate of drug-likeness (QED) is 0.797. The number of carbonyl (C=O) groups excluding carboxylic acids is 2.